The number of carbonyl (C=O) groups excluding carboxylic acids is 1. The van der Waals surface area contributed by atoms with Crippen molar-refractivity contribution in [3.8, 4) is 0 Å². The molecule has 0 aromatic heterocycles. The number of carbonyl (C=O) groups is 1. The molecular formula is C20H26BrIN4O. The molecule has 0 spiro atoms. The number of halogens is 2. The minimum absolute atomic E-state index is 0. The van der Waals surface area contributed by atoms with E-state index in [2.05, 4.69) is 50.5 Å². The third-order valence-electron chi connectivity index (χ3n) is 3.86. The maximum Gasteiger partial charge on any atom is 0.251 e. The zero-order chi connectivity index (χ0) is 18.9. The largest absolute Gasteiger partial charge is 0.357 e. The van der Waals surface area contributed by atoms with Gasteiger partial charge in [-0.2, -0.15) is 0 Å². The number of aliphatic imine (C=N–C) groups is 1. The van der Waals surface area contributed by atoms with Crippen molar-refractivity contribution < 1.29 is 4.79 Å². The average Bonchev–Trinajstić information content (AvgIpc) is 2.66. The lowest BCUT2D eigenvalue weighted by atomic mass is 10.1. The first-order valence-electron chi connectivity index (χ1n) is 8.58. The molecule has 0 bridgehead atoms. The fourth-order valence-electron chi connectivity index (χ4n) is 2.53. The topological polar surface area (TPSA) is 56.7 Å². The zero-order valence-corrected chi connectivity index (χ0v) is 19.7. The lowest BCUT2D eigenvalue weighted by Crippen LogP contribution is -2.38. The molecule has 2 aromatic rings. The zero-order valence-electron chi connectivity index (χ0n) is 15.8. The molecule has 0 atom stereocenters. The SMILES string of the molecule is CCNC(=NCc1cccc(C(=O)NC)c1)N(C)Cc1ccc(Br)cc1.I. The normalized spacial score (nSPS) is 10.7. The molecule has 0 heterocycles. The Kier molecular flexibility index (Phi) is 10.4. The molecule has 0 unspecified atom stereocenters. The lowest BCUT2D eigenvalue weighted by molar-refractivity contribution is 0.0963. The van der Waals surface area contributed by atoms with E-state index < -0.39 is 0 Å². The highest BCUT2D eigenvalue weighted by atomic mass is 127. The maximum atomic E-state index is 11.8. The van der Waals surface area contributed by atoms with E-state index in [1.807, 2.05) is 37.4 Å². The Morgan fingerprint density at radius 2 is 1.85 bits per heavy atom. The number of hydrogen-bond donors (Lipinski definition) is 2. The predicted octanol–water partition coefficient (Wildman–Crippen LogP) is 4.02. The average molecular weight is 545 g/mol. The second kappa shape index (κ2) is 12.0. The van der Waals surface area contributed by atoms with Gasteiger partial charge in [0.25, 0.3) is 5.91 Å². The Morgan fingerprint density at radius 3 is 2.48 bits per heavy atom. The van der Waals surface area contributed by atoms with Gasteiger partial charge in [-0.15, -0.1) is 24.0 Å². The summed E-state index contributed by atoms with van der Waals surface area (Å²) in [7, 11) is 3.65. The quantitative estimate of drug-likeness (QED) is 0.328. The van der Waals surface area contributed by atoms with Crippen molar-refractivity contribution in [2.24, 2.45) is 4.99 Å². The molecule has 0 aliphatic carbocycles. The third-order valence-corrected chi connectivity index (χ3v) is 4.39. The third kappa shape index (κ3) is 7.50. The molecular weight excluding hydrogens is 519 g/mol. The van der Waals surface area contributed by atoms with Gasteiger partial charge >= 0.3 is 0 Å². The van der Waals surface area contributed by atoms with Crippen LogP contribution in [-0.4, -0.2) is 37.4 Å². The molecule has 0 radical (unpaired) electrons. The number of nitrogens with one attached hydrogen (secondary N) is 2. The number of benzene rings is 2. The van der Waals surface area contributed by atoms with Gasteiger partial charge in [-0.1, -0.05) is 40.2 Å². The second-order valence-corrected chi connectivity index (χ2v) is 6.85. The Bertz CT molecular complexity index is 765. The van der Waals surface area contributed by atoms with E-state index in [-0.39, 0.29) is 29.9 Å². The van der Waals surface area contributed by atoms with Gasteiger partial charge in [-0.25, -0.2) is 4.99 Å². The smallest absolute Gasteiger partial charge is 0.251 e. The fourth-order valence-corrected chi connectivity index (χ4v) is 2.79. The number of hydrogen-bond acceptors (Lipinski definition) is 2. The highest BCUT2D eigenvalue weighted by molar-refractivity contribution is 14.0. The number of amides is 1. The van der Waals surface area contributed by atoms with Crippen LogP contribution in [0, 0.1) is 0 Å². The van der Waals surface area contributed by atoms with Crippen LogP contribution in [0.2, 0.25) is 0 Å². The molecule has 2 rings (SSSR count). The molecule has 2 N–H and O–H groups in total. The van der Waals surface area contributed by atoms with Crippen LogP contribution >= 0.6 is 39.9 Å². The van der Waals surface area contributed by atoms with E-state index in [0.717, 1.165) is 29.1 Å². The van der Waals surface area contributed by atoms with Crippen molar-refractivity contribution in [2.75, 3.05) is 20.6 Å². The van der Waals surface area contributed by atoms with Gasteiger partial charge in [-0.3, -0.25) is 4.79 Å². The molecule has 146 valence electrons. The number of guanidine groups is 1. The summed E-state index contributed by atoms with van der Waals surface area (Å²) in [5.74, 6) is 0.746. The van der Waals surface area contributed by atoms with Crippen LogP contribution in [0.15, 0.2) is 58.0 Å². The van der Waals surface area contributed by atoms with Gasteiger partial charge in [0.15, 0.2) is 5.96 Å². The molecule has 5 nitrogen and oxygen atoms in total. The summed E-state index contributed by atoms with van der Waals surface area (Å²) in [5.41, 5.74) is 2.86. The molecule has 27 heavy (non-hydrogen) atoms. The van der Waals surface area contributed by atoms with E-state index in [9.17, 15) is 4.79 Å². The van der Waals surface area contributed by atoms with Gasteiger partial charge in [0.2, 0.25) is 0 Å². The first-order valence-corrected chi connectivity index (χ1v) is 9.37. The van der Waals surface area contributed by atoms with E-state index in [1.165, 1.54) is 5.56 Å². The van der Waals surface area contributed by atoms with Gasteiger partial charge in [0.1, 0.15) is 0 Å². The first kappa shape index (κ1) is 23.4. The minimum Gasteiger partial charge on any atom is -0.357 e. The highest BCUT2D eigenvalue weighted by Crippen LogP contribution is 2.12. The molecule has 7 heteroatoms. The highest BCUT2D eigenvalue weighted by Gasteiger charge is 2.08. The Morgan fingerprint density at radius 1 is 1.15 bits per heavy atom. The number of rotatable bonds is 6. The maximum absolute atomic E-state index is 11.8. The fraction of sp³-hybridized carbons (Fsp3) is 0.300. The van der Waals surface area contributed by atoms with Crippen molar-refractivity contribution >= 4 is 51.8 Å². The molecule has 0 saturated heterocycles. The van der Waals surface area contributed by atoms with Crippen LogP contribution in [0.5, 0.6) is 0 Å². The Balaban J connectivity index is 0.00000364. The van der Waals surface area contributed by atoms with Crippen LogP contribution in [0.1, 0.15) is 28.4 Å². The predicted molar refractivity (Wildman–Crippen MR) is 126 cm³/mol. The summed E-state index contributed by atoms with van der Waals surface area (Å²) in [6.07, 6.45) is 0. The van der Waals surface area contributed by atoms with Crippen LogP contribution in [0.4, 0.5) is 0 Å². The van der Waals surface area contributed by atoms with Gasteiger partial charge < -0.3 is 15.5 Å². The van der Waals surface area contributed by atoms with Crippen molar-refractivity contribution in [3.63, 3.8) is 0 Å². The second-order valence-electron chi connectivity index (χ2n) is 5.93. The van der Waals surface area contributed by atoms with E-state index in [0.29, 0.717) is 12.1 Å². The van der Waals surface area contributed by atoms with Crippen molar-refractivity contribution in [1.82, 2.24) is 15.5 Å². The van der Waals surface area contributed by atoms with Gasteiger partial charge in [0, 0.05) is 37.2 Å². The summed E-state index contributed by atoms with van der Waals surface area (Å²) in [6, 6.07) is 15.8. The molecule has 0 saturated carbocycles. The van der Waals surface area contributed by atoms with E-state index >= 15 is 0 Å². The van der Waals surface area contributed by atoms with Crippen LogP contribution in [0.3, 0.4) is 0 Å². The molecule has 2 aromatic carbocycles. The van der Waals surface area contributed by atoms with Crippen molar-refractivity contribution in [3.05, 3.63) is 69.7 Å². The van der Waals surface area contributed by atoms with Crippen LogP contribution < -0.4 is 10.6 Å². The van der Waals surface area contributed by atoms with Gasteiger partial charge in [-0.05, 0) is 42.3 Å². The molecule has 0 aliphatic heterocycles. The molecule has 1 amide bonds. The van der Waals surface area contributed by atoms with Crippen molar-refractivity contribution in [2.45, 2.75) is 20.0 Å². The standard InChI is InChI=1S/C20H25BrN4O.HI/c1-4-23-20(25(3)14-15-8-10-18(21)11-9-15)24-13-16-6-5-7-17(12-16)19(26)22-2;/h5-12H,4,13-14H2,1-3H3,(H,22,26)(H,23,24);1H. The summed E-state index contributed by atoms with van der Waals surface area (Å²) in [6.45, 7) is 4.12. The minimum atomic E-state index is -0.0879. The van der Waals surface area contributed by atoms with Crippen LogP contribution in [-0.2, 0) is 13.1 Å². The molecule has 0 fully saturated rings. The van der Waals surface area contributed by atoms with Crippen molar-refractivity contribution in [1.29, 1.82) is 0 Å². The van der Waals surface area contributed by atoms with E-state index in [1.54, 1.807) is 13.1 Å². The Hall–Kier alpha value is -1.61. The number of nitrogens with zero attached hydrogens (tertiary/aromatic N) is 2. The van der Waals surface area contributed by atoms with E-state index in [4.69, 9.17) is 4.99 Å². The Labute approximate surface area is 186 Å². The van der Waals surface area contributed by atoms with Crippen LogP contribution in [0.25, 0.3) is 0 Å². The summed E-state index contributed by atoms with van der Waals surface area (Å²) in [4.78, 5) is 18.6. The first-order chi connectivity index (χ1) is 12.5. The van der Waals surface area contributed by atoms with Gasteiger partial charge in [0.05, 0.1) is 6.54 Å². The summed E-state index contributed by atoms with van der Waals surface area (Å²) >= 11 is 3.46. The lowest BCUT2D eigenvalue weighted by Gasteiger charge is -2.22. The monoisotopic (exact) mass is 544 g/mol. The summed E-state index contributed by atoms with van der Waals surface area (Å²) < 4.78 is 1.07. The summed E-state index contributed by atoms with van der Waals surface area (Å²) in [5, 5.41) is 5.96. The molecule has 0 aliphatic rings.